The summed E-state index contributed by atoms with van der Waals surface area (Å²) < 4.78 is 5.41. The lowest BCUT2D eigenvalue weighted by molar-refractivity contribution is 0.406. The largest absolute Gasteiger partial charge is 0.496 e. The van der Waals surface area contributed by atoms with E-state index in [-0.39, 0.29) is 0 Å². The highest BCUT2D eigenvalue weighted by atomic mass is 32.1. The van der Waals surface area contributed by atoms with Gasteiger partial charge in [-0.15, -0.1) is 11.3 Å². The zero-order valence-corrected chi connectivity index (χ0v) is 11.9. The molecule has 0 fully saturated rings. The summed E-state index contributed by atoms with van der Waals surface area (Å²) in [5, 5.41) is 5.54. The molecule has 2 aromatic rings. The Hall–Kier alpha value is -1.32. The van der Waals surface area contributed by atoms with Crippen LogP contribution in [0.1, 0.15) is 19.4 Å². The molecule has 0 unspecified atom stereocenters. The lowest BCUT2D eigenvalue weighted by atomic mass is 10.1. The number of thiophene rings is 1. The Bertz CT molecular complexity index is 491. The van der Waals surface area contributed by atoms with Crippen LogP contribution in [-0.4, -0.2) is 13.2 Å². The molecule has 96 valence electrons. The molecule has 2 rings (SSSR count). The van der Waals surface area contributed by atoms with Crippen LogP contribution in [0.2, 0.25) is 0 Å². The number of methoxy groups -OCH3 is 1. The van der Waals surface area contributed by atoms with Crippen LogP contribution in [0.4, 0.5) is 0 Å². The summed E-state index contributed by atoms with van der Waals surface area (Å²) in [7, 11) is 1.72. The summed E-state index contributed by atoms with van der Waals surface area (Å²) in [6.07, 6.45) is 0. The summed E-state index contributed by atoms with van der Waals surface area (Å²) in [6.45, 7) is 5.13. The second-order valence-electron chi connectivity index (χ2n) is 4.54. The fourth-order valence-electron chi connectivity index (χ4n) is 1.83. The topological polar surface area (TPSA) is 21.3 Å². The van der Waals surface area contributed by atoms with Crippen LogP contribution in [-0.2, 0) is 6.54 Å². The van der Waals surface area contributed by atoms with Gasteiger partial charge in [0.05, 0.1) is 7.11 Å². The van der Waals surface area contributed by atoms with Crippen molar-refractivity contribution in [1.29, 1.82) is 0 Å². The summed E-state index contributed by atoms with van der Waals surface area (Å²) in [5.74, 6) is 0.948. The van der Waals surface area contributed by atoms with Gasteiger partial charge in [-0.3, -0.25) is 0 Å². The van der Waals surface area contributed by atoms with Gasteiger partial charge in [0, 0.05) is 23.0 Å². The van der Waals surface area contributed by atoms with Crippen LogP contribution in [0.15, 0.2) is 35.7 Å². The van der Waals surface area contributed by atoms with Gasteiger partial charge >= 0.3 is 0 Å². The maximum atomic E-state index is 5.41. The van der Waals surface area contributed by atoms with Crippen LogP contribution in [0, 0.1) is 0 Å². The molecule has 18 heavy (non-hydrogen) atoms. The third-order valence-corrected chi connectivity index (χ3v) is 3.71. The van der Waals surface area contributed by atoms with Gasteiger partial charge in [-0.2, -0.15) is 0 Å². The molecule has 1 heterocycles. The molecule has 0 atom stereocenters. The minimum Gasteiger partial charge on any atom is -0.496 e. The molecule has 0 bridgehead atoms. The van der Waals surface area contributed by atoms with E-state index in [1.165, 1.54) is 16.0 Å². The average Bonchev–Trinajstić information content (AvgIpc) is 2.89. The molecule has 0 saturated carbocycles. The fourth-order valence-corrected chi connectivity index (χ4v) is 2.55. The van der Waals surface area contributed by atoms with E-state index in [0.29, 0.717) is 6.04 Å². The first-order valence-electron chi connectivity index (χ1n) is 6.15. The maximum Gasteiger partial charge on any atom is 0.123 e. The Morgan fingerprint density at radius 3 is 2.72 bits per heavy atom. The Balaban J connectivity index is 2.27. The number of benzene rings is 1. The first-order chi connectivity index (χ1) is 8.70. The van der Waals surface area contributed by atoms with E-state index in [1.54, 1.807) is 18.4 Å². The van der Waals surface area contributed by atoms with E-state index in [9.17, 15) is 0 Å². The first kappa shape index (κ1) is 13.1. The molecule has 0 amide bonds. The smallest absolute Gasteiger partial charge is 0.123 e. The average molecular weight is 261 g/mol. The molecule has 1 aromatic heterocycles. The zero-order valence-electron chi connectivity index (χ0n) is 11.1. The number of nitrogens with one attached hydrogen (secondary N) is 1. The van der Waals surface area contributed by atoms with Crippen molar-refractivity contribution < 1.29 is 4.74 Å². The van der Waals surface area contributed by atoms with E-state index >= 15 is 0 Å². The number of ether oxygens (including phenoxy) is 1. The summed E-state index contributed by atoms with van der Waals surface area (Å²) in [4.78, 5) is 1.29. The predicted octanol–water partition coefficient (Wildman–Crippen LogP) is 3.92. The Morgan fingerprint density at radius 1 is 1.28 bits per heavy atom. The molecule has 0 saturated heterocycles. The molecule has 0 spiro atoms. The van der Waals surface area contributed by atoms with Gasteiger partial charge in [0.2, 0.25) is 0 Å². The lowest BCUT2D eigenvalue weighted by Gasteiger charge is -2.13. The summed E-state index contributed by atoms with van der Waals surface area (Å²) in [6, 6.07) is 11.1. The SMILES string of the molecule is COc1ccc(-c2cccs2)cc1CNC(C)C. The minimum atomic E-state index is 0.472. The molecular weight excluding hydrogens is 242 g/mol. The fraction of sp³-hybridized carbons (Fsp3) is 0.333. The van der Waals surface area contributed by atoms with Crippen molar-refractivity contribution in [2.75, 3.05) is 7.11 Å². The van der Waals surface area contributed by atoms with E-state index in [1.807, 2.05) is 6.07 Å². The van der Waals surface area contributed by atoms with Crippen molar-refractivity contribution in [2.45, 2.75) is 26.4 Å². The standard InChI is InChI=1S/C15H19NOS/c1-11(2)16-10-13-9-12(6-7-14(13)17-3)15-5-4-8-18-15/h4-9,11,16H,10H2,1-3H3. The molecule has 0 aliphatic rings. The minimum absolute atomic E-state index is 0.472. The van der Waals surface area contributed by atoms with E-state index in [4.69, 9.17) is 4.74 Å². The van der Waals surface area contributed by atoms with E-state index in [0.717, 1.165) is 12.3 Å². The first-order valence-corrected chi connectivity index (χ1v) is 7.03. The van der Waals surface area contributed by atoms with Crippen LogP contribution in [0.25, 0.3) is 10.4 Å². The molecule has 0 radical (unpaired) electrons. The van der Waals surface area contributed by atoms with E-state index in [2.05, 4.69) is 48.8 Å². The maximum absolute atomic E-state index is 5.41. The highest BCUT2D eigenvalue weighted by Gasteiger charge is 2.07. The van der Waals surface area contributed by atoms with Crippen molar-refractivity contribution in [2.24, 2.45) is 0 Å². The third-order valence-electron chi connectivity index (χ3n) is 2.79. The molecular formula is C15H19NOS. The van der Waals surface area contributed by atoms with Crippen LogP contribution in [0.5, 0.6) is 5.75 Å². The molecule has 2 nitrogen and oxygen atoms in total. The molecule has 1 aromatic carbocycles. The van der Waals surface area contributed by atoms with Crippen molar-refractivity contribution in [1.82, 2.24) is 5.32 Å². The number of rotatable bonds is 5. The lowest BCUT2D eigenvalue weighted by Crippen LogP contribution is -2.22. The van der Waals surface area contributed by atoms with Crippen molar-refractivity contribution in [3.8, 4) is 16.2 Å². The highest BCUT2D eigenvalue weighted by molar-refractivity contribution is 7.13. The van der Waals surface area contributed by atoms with Crippen LogP contribution in [0.3, 0.4) is 0 Å². The number of hydrogen-bond donors (Lipinski definition) is 1. The third kappa shape index (κ3) is 3.12. The van der Waals surface area contributed by atoms with Crippen LogP contribution < -0.4 is 10.1 Å². The van der Waals surface area contributed by atoms with Gasteiger partial charge in [-0.25, -0.2) is 0 Å². The summed E-state index contributed by atoms with van der Waals surface area (Å²) >= 11 is 1.76. The summed E-state index contributed by atoms with van der Waals surface area (Å²) in [5.41, 5.74) is 2.46. The predicted molar refractivity (Wildman–Crippen MR) is 78.3 cm³/mol. The van der Waals surface area contributed by atoms with E-state index < -0.39 is 0 Å². The van der Waals surface area contributed by atoms with Gasteiger partial charge in [0.25, 0.3) is 0 Å². The zero-order chi connectivity index (χ0) is 13.0. The van der Waals surface area contributed by atoms with Gasteiger partial charge in [-0.05, 0) is 35.2 Å². The quantitative estimate of drug-likeness (QED) is 0.880. The van der Waals surface area contributed by atoms with Crippen molar-refractivity contribution in [3.63, 3.8) is 0 Å². The van der Waals surface area contributed by atoms with Gasteiger partial charge < -0.3 is 10.1 Å². The highest BCUT2D eigenvalue weighted by Crippen LogP contribution is 2.29. The molecule has 3 heteroatoms. The monoisotopic (exact) mass is 261 g/mol. The Labute approximate surface area is 113 Å². The Kier molecular flexibility index (Phi) is 4.39. The Morgan fingerprint density at radius 2 is 2.11 bits per heavy atom. The van der Waals surface area contributed by atoms with Gasteiger partial charge in [-0.1, -0.05) is 19.9 Å². The molecule has 1 N–H and O–H groups in total. The van der Waals surface area contributed by atoms with Crippen molar-refractivity contribution >= 4 is 11.3 Å². The van der Waals surface area contributed by atoms with Crippen molar-refractivity contribution in [3.05, 3.63) is 41.3 Å². The molecule has 0 aliphatic carbocycles. The second-order valence-corrected chi connectivity index (χ2v) is 5.49. The molecule has 0 aliphatic heterocycles. The normalized spacial score (nSPS) is 10.9. The number of hydrogen-bond acceptors (Lipinski definition) is 3. The second kappa shape index (κ2) is 6.03. The van der Waals surface area contributed by atoms with Crippen LogP contribution >= 0.6 is 11.3 Å². The van der Waals surface area contributed by atoms with Gasteiger partial charge in [0.1, 0.15) is 5.75 Å². The van der Waals surface area contributed by atoms with Gasteiger partial charge in [0.15, 0.2) is 0 Å².